The molecule has 3 N–H and O–H groups in total. The molecule has 3 aromatic heterocycles. The molecule has 2 aliphatic heterocycles. The molecule has 0 saturated carbocycles. The van der Waals surface area contributed by atoms with Gasteiger partial charge in [-0.1, -0.05) is 56.3 Å². The van der Waals surface area contributed by atoms with E-state index in [1.807, 2.05) is 30.6 Å². The van der Waals surface area contributed by atoms with Gasteiger partial charge in [-0.2, -0.15) is 9.61 Å². The van der Waals surface area contributed by atoms with E-state index < -0.39 is 0 Å². The standard InChI is InChI=1S/C27H28N6/c1-16(2)24-25(19-12-20-9-10-21(13-19)31-20)32-27-22(15-30-33(27)26(24)28)18-8-11-23(29-14-18)17-6-4-3-5-7-17/h3-9,11,14-16,19,21,31H,10,12-13,28H2,1-2H3/t19-,21+/m1/s1. The maximum absolute atomic E-state index is 6.72. The van der Waals surface area contributed by atoms with Crippen molar-refractivity contribution in [1.29, 1.82) is 0 Å². The summed E-state index contributed by atoms with van der Waals surface area (Å²) >= 11 is 0. The van der Waals surface area contributed by atoms with E-state index in [1.54, 1.807) is 4.52 Å². The fraction of sp³-hybridized carbons (Fsp3) is 0.296. The van der Waals surface area contributed by atoms with E-state index in [4.69, 9.17) is 15.7 Å². The molecular formula is C27H28N6. The predicted molar refractivity (Wildman–Crippen MR) is 132 cm³/mol. The average Bonchev–Trinajstić information content (AvgIpc) is 3.42. The van der Waals surface area contributed by atoms with Crippen LogP contribution in [-0.2, 0) is 0 Å². The molecule has 6 nitrogen and oxygen atoms in total. The largest absolute Gasteiger partial charge is 0.386 e. The summed E-state index contributed by atoms with van der Waals surface area (Å²) < 4.78 is 1.80. The summed E-state index contributed by atoms with van der Waals surface area (Å²) in [4.78, 5) is 9.94. The van der Waals surface area contributed by atoms with Crippen LogP contribution in [0.4, 0.5) is 5.82 Å². The van der Waals surface area contributed by atoms with Crippen LogP contribution < -0.4 is 11.1 Å². The van der Waals surface area contributed by atoms with Crippen molar-refractivity contribution in [3.05, 3.63) is 77.9 Å². The van der Waals surface area contributed by atoms with Crippen molar-refractivity contribution < 1.29 is 0 Å². The van der Waals surface area contributed by atoms with Gasteiger partial charge in [0.15, 0.2) is 5.65 Å². The van der Waals surface area contributed by atoms with Crippen molar-refractivity contribution in [2.45, 2.75) is 51.0 Å². The first-order valence-corrected chi connectivity index (χ1v) is 11.7. The molecule has 1 aromatic carbocycles. The highest BCUT2D eigenvalue weighted by Crippen LogP contribution is 2.41. The molecule has 0 radical (unpaired) electrons. The number of nitrogen functional groups attached to an aromatic ring is 1. The molecular weight excluding hydrogens is 408 g/mol. The van der Waals surface area contributed by atoms with Crippen molar-refractivity contribution >= 4 is 11.5 Å². The number of hydrogen-bond acceptors (Lipinski definition) is 5. The summed E-state index contributed by atoms with van der Waals surface area (Å²) in [7, 11) is 0. The number of piperidine rings is 1. The molecule has 0 unspecified atom stereocenters. The second-order valence-electron chi connectivity index (χ2n) is 9.49. The summed E-state index contributed by atoms with van der Waals surface area (Å²) in [6.07, 6.45) is 9.29. The SMILES string of the molecule is CC(C)c1c([C@@H]2CC3=CC[C@@H](C2)N3)nc2c(-c3ccc(-c4ccccc4)nc3)cnn2c1N. The summed E-state index contributed by atoms with van der Waals surface area (Å²) in [5, 5.41) is 8.24. The Balaban J connectivity index is 1.45. The van der Waals surface area contributed by atoms with E-state index in [-0.39, 0.29) is 5.92 Å². The maximum Gasteiger partial charge on any atom is 0.165 e. The van der Waals surface area contributed by atoms with E-state index in [9.17, 15) is 0 Å². The zero-order valence-corrected chi connectivity index (χ0v) is 19.0. The van der Waals surface area contributed by atoms with Crippen molar-refractivity contribution in [2.24, 2.45) is 0 Å². The Bertz CT molecular complexity index is 1350. The van der Waals surface area contributed by atoms with Crippen LogP contribution in [0.3, 0.4) is 0 Å². The molecule has 0 amide bonds. The molecule has 4 aromatic rings. The van der Waals surface area contributed by atoms with Crippen LogP contribution in [0.1, 0.15) is 56.2 Å². The molecule has 2 aliphatic rings. The van der Waals surface area contributed by atoms with Gasteiger partial charge >= 0.3 is 0 Å². The van der Waals surface area contributed by atoms with Crippen LogP contribution in [0, 0.1) is 0 Å². The molecule has 1 saturated heterocycles. The molecule has 0 spiro atoms. The minimum Gasteiger partial charge on any atom is -0.386 e. The van der Waals surface area contributed by atoms with Crippen LogP contribution in [0.15, 0.2) is 66.6 Å². The number of hydrogen-bond donors (Lipinski definition) is 2. The molecule has 6 rings (SSSR count). The monoisotopic (exact) mass is 436 g/mol. The third-order valence-corrected chi connectivity index (χ3v) is 6.93. The number of benzene rings is 1. The lowest BCUT2D eigenvalue weighted by Gasteiger charge is -2.30. The number of nitrogens with two attached hydrogens (primary N) is 1. The maximum atomic E-state index is 6.72. The number of rotatable bonds is 4. The molecule has 6 heteroatoms. The smallest absolute Gasteiger partial charge is 0.165 e. The Hall–Kier alpha value is -3.67. The highest BCUT2D eigenvalue weighted by atomic mass is 15.3. The number of fused-ring (bicyclic) bond motifs is 3. The molecule has 166 valence electrons. The molecule has 33 heavy (non-hydrogen) atoms. The zero-order chi connectivity index (χ0) is 22.5. The first-order chi connectivity index (χ1) is 16.1. The topological polar surface area (TPSA) is 81.1 Å². The molecule has 1 fully saturated rings. The van der Waals surface area contributed by atoms with Gasteiger partial charge in [0.2, 0.25) is 0 Å². The van der Waals surface area contributed by atoms with E-state index in [0.717, 1.165) is 58.6 Å². The molecule has 5 heterocycles. The van der Waals surface area contributed by atoms with Crippen molar-refractivity contribution in [1.82, 2.24) is 24.9 Å². The number of aromatic nitrogens is 4. The molecule has 2 atom stereocenters. The number of nitrogens with zero attached hydrogens (tertiary/aromatic N) is 4. The quantitative estimate of drug-likeness (QED) is 0.454. The second-order valence-corrected chi connectivity index (χ2v) is 9.49. The predicted octanol–water partition coefficient (Wildman–Crippen LogP) is 5.29. The fourth-order valence-corrected chi connectivity index (χ4v) is 5.35. The van der Waals surface area contributed by atoms with Gasteiger partial charge in [0.1, 0.15) is 5.82 Å². The lowest BCUT2D eigenvalue weighted by atomic mass is 9.85. The van der Waals surface area contributed by atoms with Gasteiger partial charge in [-0.05, 0) is 31.2 Å². The van der Waals surface area contributed by atoms with E-state index in [0.29, 0.717) is 17.8 Å². The van der Waals surface area contributed by atoms with Crippen LogP contribution in [0.2, 0.25) is 0 Å². The fourth-order valence-electron chi connectivity index (χ4n) is 5.35. The minimum absolute atomic E-state index is 0.276. The van der Waals surface area contributed by atoms with Gasteiger partial charge in [-0.15, -0.1) is 0 Å². The Morgan fingerprint density at radius 1 is 1.06 bits per heavy atom. The normalized spacial score (nSPS) is 19.7. The third-order valence-electron chi connectivity index (χ3n) is 6.93. The Morgan fingerprint density at radius 2 is 1.91 bits per heavy atom. The van der Waals surface area contributed by atoms with Gasteiger partial charge in [0.05, 0.1) is 17.6 Å². The number of nitrogens with one attached hydrogen (secondary N) is 1. The first kappa shape index (κ1) is 20.0. The number of allylic oxidation sites excluding steroid dienone is 1. The lowest BCUT2D eigenvalue weighted by Crippen LogP contribution is -2.31. The summed E-state index contributed by atoms with van der Waals surface area (Å²) in [6, 6.07) is 14.9. The van der Waals surface area contributed by atoms with E-state index in [2.05, 4.69) is 54.6 Å². The third kappa shape index (κ3) is 3.37. The summed E-state index contributed by atoms with van der Waals surface area (Å²) in [5.41, 5.74) is 15.1. The molecule has 0 aliphatic carbocycles. The van der Waals surface area contributed by atoms with Crippen molar-refractivity contribution in [2.75, 3.05) is 5.73 Å². The minimum atomic E-state index is 0.276. The van der Waals surface area contributed by atoms with Crippen LogP contribution >= 0.6 is 0 Å². The average molecular weight is 437 g/mol. The number of anilines is 1. The Labute approximate surface area is 193 Å². The lowest BCUT2D eigenvalue weighted by molar-refractivity contribution is 0.430. The van der Waals surface area contributed by atoms with Crippen molar-refractivity contribution in [3.63, 3.8) is 0 Å². The second kappa shape index (κ2) is 7.73. The molecule has 2 bridgehead atoms. The van der Waals surface area contributed by atoms with Gasteiger partial charge in [0.25, 0.3) is 0 Å². The Kier molecular flexibility index (Phi) is 4.68. The van der Waals surface area contributed by atoms with Gasteiger partial charge in [-0.3, -0.25) is 4.98 Å². The van der Waals surface area contributed by atoms with Crippen LogP contribution in [0.5, 0.6) is 0 Å². The first-order valence-electron chi connectivity index (χ1n) is 11.7. The van der Waals surface area contributed by atoms with Crippen LogP contribution in [0.25, 0.3) is 28.0 Å². The highest BCUT2D eigenvalue weighted by molar-refractivity contribution is 5.79. The number of pyridine rings is 1. The zero-order valence-electron chi connectivity index (χ0n) is 19.0. The summed E-state index contributed by atoms with van der Waals surface area (Å²) in [6.45, 7) is 4.38. The van der Waals surface area contributed by atoms with Gasteiger partial charge < -0.3 is 11.1 Å². The van der Waals surface area contributed by atoms with Crippen molar-refractivity contribution in [3.8, 4) is 22.4 Å². The van der Waals surface area contributed by atoms with Crippen LogP contribution in [-0.4, -0.2) is 25.6 Å². The van der Waals surface area contributed by atoms with E-state index >= 15 is 0 Å². The van der Waals surface area contributed by atoms with Gasteiger partial charge in [0, 0.05) is 46.1 Å². The van der Waals surface area contributed by atoms with Gasteiger partial charge in [-0.25, -0.2) is 4.98 Å². The summed E-state index contributed by atoms with van der Waals surface area (Å²) in [5.74, 6) is 1.35. The Morgan fingerprint density at radius 3 is 2.64 bits per heavy atom. The van der Waals surface area contributed by atoms with E-state index in [1.165, 1.54) is 5.70 Å². The highest BCUT2D eigenvalue weighted by Gasteiger charge is 2.33.